The number of hydrogen-bond acceptors (Lipinski definition) is 3. The predicted octanol–water partition coefficient (Wildman–Crippen LogP) is 1.63. The van der Waals surface area contributed by atoms with Crippen LogP contribution in [0.3, 0.4) is 0 Å². The van der Waals surface area contributed by atoms with Gasteiger partial charge in [0.2, 0.25) is 5.91 Å². The Hall–Kier alpha value is -1.56. The van der Waals surface area contributed by atoms with Gasteiger partial charge in [0.1, 0.15) is 5.69 Å². The van der Waals surface area contributed by atoms with Crippen molar-refractivity contribution >= 4 is 5.91 Å². The highest BCUT2D eigenvalue weighted by molar-refractivity contribution is 5.82. The average molecular weight is 269 g/mol. The summed E-state index contributed by atoms with van der Waals surface area (Å²) in [7, 11) is 0. The number of pyridine rings is 1. The molecule has 104 valence electrons. The number of carbonyl (C=O) groups is 1. The third-order valence-corrected chi connectivity index (χ3v) is 3.20. The summed E-state index contributed by atoms with van der Waals surface area (Å²) in [6, 6.07) is 2.76. The first-order valence-electron chi connectivity index (χ1n) is 6.30. The fourth-order valence-corrected chi connectivity index (χ4v) is 2.15. The van der Waals surface area contributed by atoms with E-state index in [1.807, 2.05) is 0 Å². The molecule has 1 aliphatic heterocycles. The zero-order valence-corrected chi connectivity index (χ0v) is 10.7. The van der Waals surface area contributed by atoms with Crippen molar-refractivity contribution in [2.75, 3.05) is 6.54 Å². The van der Waals surface area contributed by atoms with Crippen LogP contribution in [0.4, 0.5) is 8.78 Å². The molecule has 0 aliphatic carbocycles. The molecule has 4 nitrogen and oxygen atoms in total. The third kappa shape index (κ3) is 3.70. The Balaban J connectivity index is 1.88. The van der Waals surface area contributed by atoms with Crippen molar-refractivity contribution in [1.29, 1.82) is 0 Å². The fourth-order valence-electron chi connectivity index (χ4n) is 2.15. The summed E-state index contributed by atoms with van der Waals surface area (Å²) in [5.74, 6) is 0.405. The van der Waals surface area contributed by atoms with Gasteiger partial charge in [0, 0.05) is 12.7 Å². The number of alkyl halides is 2. The molecule has 6 heteroatoms. The Labute approximate surface area is 110 Å². The highest BCUT2D eigenvalue weighted by Gasteiger charge is 2.26. The molecule has 1 aromatic heterocycles. The van der Waals surface area contributed by atoms with E-state index < -0.39 is 6.43 Å². The molecule has 0 radical (unpaired) electrons. The van der Waals surface area contributed by atoms with Crippen LogP contribution in [0.15, 0.2) is 18.3 Å². The van der Waals surface area contributed by atoms with Crippen LogP contribution in [0, 0.1) is 5.92 Å². The topological polar surface area (TPSA) is 54.0 Å². The van der Waals surface area contributed by atoms with Gasteiger partial charge in [-0.2, -0.15) is 0 Å². The number of aromatic nitrogens is 1. The van der Waals surface area contributed by atoms with Crippen molar-refractivity contribution in [3.05, 3.63) is 29.6 Å². The molecule has 0 spiro atoms. The van der Waals surface area contributed by atoms with Crippen molar-refractivity contribution in [3.63, 3.8) is 0 Å². The van der Waals surface area contributed by atoms with E-state index in [-0.39, 0.29) is 24.2 Å². The summed E-state index contributed by atoms with van der Waals surface area (Å²) >= 11 is 0. The molecule has 2 heterocycles. The van der Waals surface area contributed by atoms with E-state index in [9.17, 15) is 13.6 Å². The van der Waals surface area contributed by atoms with E-state index in [2.05, 4.69) is 22.5 Å². The lowest BCUT2D eigenvalue weighted by Crippen LogP contribution is -2.40. The molecule has 0 bridgehead atoms. The number of amides is 1. The number of nitrogens with one attached hydrogen (secondary N) is 2. The van der Waals surface area contributed by atoms with E-state index in [0.29, 0.717) is 11.5 Å². The lowest BCUT2D eigenvalue weighted by molar-refractivity contribution is -0.123. The second-order valence-corrected chi connectivity index (χ2v) is 4.91. The zero-order chi connectivity index (χ0) is 13.8. The number of halogens is 2. The quantitative estimate of drug-likeness (QED) is 0.873. The Bertz CT molecular complexity index is 453. The van der Waals surface area contributed by atoms with Gasteiger partial charge in [-0.25, -0.2) is 8.78 Å². The van der Waals surface area contributed by atoms with Crippen LogP contribution in [-0.2, 0) is 11.3 Å². The molecule has 1 fully saturated rings. The molecule has 2 rings (SSSR count). The smallest absolute Gasteiger partial charge is 0.280 e. The maximum Gasteiger partial charge on any atom is 0.280 e. The summed E-state index contributed by atoms with van der Waals surface area (Å²) in [6.07, 6.45) is -0.448. The summed E-state index contributed by atoms with van der Waals surface area (Å²) in [5, 5.41) is 5.88. The van der Waals surface area contributed by atoms with Gasteiger partial charge in [-0.15, -0.1) is 0 Å². The zero-order valence-electron chi connectivity index (χ0n) is 10.7. The molecular weight excluding hydrogens is 252 g/mol. The predicted molar refractivity (Wildman–Crippen MR) is 66.6 cm³/mol. The van der Waals surface area contributed by atoms with Crippen LogP contribution in [0.2, 0.25) is 0 Å². The molecule has 0 saturated carbocycles. The van der Waals surface area contributed by atoms with Crippen LogP contribution in [0.25, 0.3) is 0 Å². The van der Waals surface area contributed by atoms with Crippen LogP contribution in [0.1, 0.15) is 31.0 Å². The first-order valence-corrected chi connectivity index (χ1v) is 6.30. The second kappa shape index (κ2) is 6.06. The van der Waals surface area contributed by atoms with E-state index in [1.165, 1.54) is 12.3 Å². The number of rotatable bonds is 4. The van der Waals surface area contributed by atoms with Gasteiger partial charge in [-0.05, 0) is 36.6 Å². The molecule has 2 N–H and O–H groups in total. The van der Waals surface area contributed by atoms with Crippen molar-refractivity contribution in [3.8, 4) is 0 Å². The first-order chi connectivity index (χ1) is 9.06. The minimum atomic E-state index is -2.59. The Morgan fingerprint density at radius 3 is 3.05 bits per heavy atom. The van der Waals surface area contributed by atoms with E-state index in [0.717, 1.165) is 13.0 Å². The SMILES string of the molecule is CC1CN[C@H](C(=O)NCc2ccnc(C(F)F)c2)C1. The van der Waals surface area contributed by atoms with Crippen molar-refractivity contribution in [2.24, 2.45) is 5.92 Å². The lowest BCUT2D eigenvalue weighted by Gasteiger charge is -2.11. The molecule has 1 amide bonds. The largest absolute Gasteiger partial charge is 0.351 e. The van der Waals surface area contributed by atoms with Gasteiger partial charge in [-0.3, -0.25) is 9.78 Å². The highest BCUT2D eigenvalue weighted by Crippen LogP contribution is 2.17. The Morgan fingerprint density at radius 2 is 2.42 bits per heavy atom. The summed E-state index contributed by atoms with van der Waals surface area (Å²) in [6.45, 7) is 3.16. The molecule has 1 saturated heterocycles. The normalized spacial score (nSPS) is 22.7. The average Bonchev–Trinajstić information content (AvgIpc) is 2.83. The number of hydrogen-bond donors (Lipinski definition) is 2. The number of nitrogens with zero attached hydrogens (tertiary/aromatic N) is 1. The molecule has 0 aromatic carbocycles. The summed E-state index contributed by atoms with van der Waals surface area (Å²) < 4.78 is 24.9. The van der Waals surface area contributed by atoms with Crippen molar-refractivity contribution < 1.29 is 13.6 Å². The summed E-state index contributed by atoms with van der Waals surface area (Å²) in [4.78, 5) is 15.4. The van der Waals surface area contributed by atoms with Gasteiger partial charge in [0.25, 0.3) is 6.43 Å². The molecule has 1 unspecified atom stereocenters. The maximum absolute atomic E-state index is 12.5. The minimum absolute atomic E-state index is 0.0836. The molecule has 19 heavy (non-hydrogen) atoms. The minimum Gasteiger partial charge on any atom is -0.351 e. The second-order valence-electron chi connectivity index (χ2n) is 4.91. The molecule has 2 atom stereocenters. The summed E-state index contributed by atoms with van der Waals surface area (Å²) in [5.41, 5.74) is 0.365. The van der Waals surface area contributed by atoms with Gasteiger partial charge in [0.05, 0.1) is 6.04 Å². The van der Waals surface area contributed by atoms with Crippen molar-refractivity contribution in [1.82, 2.24) is 15.6 Å². The van der Waals surface area contributed by atoms with Gasteiger partial charge >= 0.3 is 0 Å². The van der Waals surface area contributed by atoms with Crippen molar-refractivity contribution in [2.45, 2.75) is 32.4 Å². The molecule has 1 aliphatic rings. The van der Waals surface area contributed by atoms with E-state index in [4.69, 9.17) is 0 Å². The molecule has 1 aromatic rings. The third-order valence-electron chi connectivity index (χ3n) is 3.20. The standard InChI is InChI=1S/C13H17F2N3O/c1-8-4-11(17-6-8)13(19)18-7-9-2-3-16-10(5-9)12(14)15/h2-3,5,8,11-12,17H,4,6-7H2,1H3,(H,18,19)/t8?,11-/m0/s1. The lowest BCUT2D eigenvalue weighted by atomic mass is 10.1. The first kappa shape index (κ1) is 13.9. The van der Waals surface area contributed by atoms with E-state index in [1.54, 1.807) is 6.07 Å². The highest BCUT2D eigenvalue weighted by atomic mass is 19.3. The Kier molecular flexibility index (Phi) is 4.42. The van der Waals surface area contributed by atoms with Crippen LogP contribution in [-0.4, -0.2) is 23.5 Å². The van der Waals surface area contributed by atoms with Gasteiger partial charge in [0.15, 0.2) is 0 Å². The fraction of sp³-hybridized carbons (Fsp3) is 0.538. The van der Waals surface area contributed by atoms with Gasteiger partial charge in [-0.1, -0.05) is 6.92 Å². The van der Waals surface area contributed by atoms with Crippen LogP contribution in [0.5, 0.6) is 0 Å². The Morgan fingerprint density at radius 1 is 1.63 bits per heavy atom. The monoisotopic (exact) mass is 269 g/mol. The molecular formula is C13H17F2N3O. The number of carbonyl (C=O) groups excluding carboxylic acids is 1. The van der Waals surface area contributed by atoms with Gasteiger partial charge < -0.3 is 10.6 Å². The van der Waals surface area contributed by atoms with E-state index >= 15 is 0 Å². The van der Waals surface area contributed by atoms with Crippen LogP contribution < -0.4 is 10.6 Å². The maximum atomic E-state index is 12.5. The van der Waals surface area contributed by atoms with Crippen LogP contribution >= 0.6 is 0 Å².